The van der Waals surface area contributed by atoms with Crippen LogP contribution in [0.3, 0.4) is 0 Å². The summed E-state index contributed by atoms with van der Waals surface area (Å²) in [5.41, 5.74) is 1.40. The number of nitrogens with one attached hydrogen (secondary N) is 1. The van der Waals surface area contributed by atoms with Crippen LogP contribution in [0.2, 0.25) is 5.82 Å². The Morgan fingerprint density at radius 3 is 2.75 bits per heavy atom. The van der Waals surface area contributed by atoms with Gasteiger partial charge in [0, 0.05) is 24.7 Å². The highest BCUT2D eigenvalue weighted by molar-refractivity contribution is 6.47. The van der Waals surface area contributed by atoms with Gasteiger partial charge in [-0.05, 0) is 81.9 Å². The van der Waals surface area contributed by atoms with Crippen molar-refractivity contribution in [3.8, 4) is 5.75 Å². The third-order valence-corrected chi connectivity index (χ3v) is 7.09. The summed E-state index contributed by atoms with van der Waals surface area (Å²) in [6.45, 7) is 7.14. The van der Waals surface area contributed by atoms with Crippen LogP contribution in [0, 0.1) is 11.8 Å². The zero-order valence-electron chi connectivity index (χ0n) is 20.1. The molecule has 2 N–H and O–H groups in total. The van der Waals surface area contributed by atoms with Crippen LogP contribution in [0.5, 0.6) is 5.75 Å². The Labute approximate surface area is 193 Å². The van der Waals surface area contributed by atoms with Crippen molar-refractivity contribution in [1.29, 1.82) is 0 Å². The number of benzene rings is 1. The van der Waals surface area contributed by atoms with E-state index in [4.69, 9.17) is 4.65 Å². The molecule has 0 amide bonds. The Hall–Kier alpha value is -1.66. The van der Waals surface area contributed by atoms with E-state index in [0.29, 0.717) is 42.5 Å². The zero-order valence-corrected chi connectivity index (χ0v) is 20.1. The normalized spacial score (nSPS) is 23.4. The quantitative estimate of drug-likeness (QED) is 0.231. The first kappa shape index (κ1) is 25.0. The predicted molar refractivity (Wildman–Crippen MR) is 129 cm³/mol. The van der Waals surface area contributed by atoms with E-state index in [1.165, 1.54) is 32.6 Å². The van der Waals surface area contributed by atoms with Crippen LogP contribution >= 0.6 is 0 Å². The van der Waals surface area contributed by atoms with E-state index in [2.05, 4.69) is 19.2 Å². The lowest BCUT2D eigenvalue weighted by Gasteiger charge is -2.28. The maximum Gasteiger partial charge on any atom is 0.526 e. The van der Waals surface area contributed by atoms with Gasteiger partial charge in [-0.25, -0.2) is 0 Å². The van der Waals surface area contributed by atoms with Gasteiger partial charge < -0.3 is 15.0 Å². The minimum atomic E-state index is -1.04. The molecule has 0 aromatic heterocycles. The van der Waals surface area contributed by atoms with Crippen LogP contribution in [0.25, 0.3) is 0 Å². The summed E-state index contributed by atoms with van der Waals surface area (Å²) in [4.78, 5) is 24.7. The molecule has 1 aromatic carbocycles. The highest BCUT2D eigenvalue weighted by Gasteiger charge is 2.37. The van der Waals surface area contributed by atoms with Crippen molar-refractivity contribution in [2.75, 3.05) is 6.54 Å². The van der Waals surface area contributed by atoms with E-state index in [9.17, 15) is 14.6 Å². The van der Waals surface area contributed by atoms with Gasteiger partial charge in [-0.1, -0.05) is 32.4 Å². The molecule has 3 atom stereocenters. The van der Waals surface area contributed by atoms with Crippen LogP contribution in [0.4, 0.5) is 0 Å². The Bertz CT molecular complexity index is 781. The Kier molecular flexibility index (Phi) is 9.36. The van der Waals surface area contributed by atoms with Crippen molar-refractivity contribution in [2.24, 2.45) is 11.8 Å². The molecule has 3 rings (SSSR count). The summed E-state index contributed by atoms with van der Waals surface area (Å²) < 4.78 is 5.70. The zero-order chi connectivity index (χ0) is 23.1. The molecule has 0 spiro atoms. The van der Waals surface area contributed by atoms with Gasteiger partial charge in [-0.3, -0.25) is 9.59 Å². The molecule has 1 aromatic rings. The maximum absolute atomic E-state index is 12.8. The lowest BCUT2D eigenvalue weighted by molar-refractivity contribution is -0.120. The first-order valence-electron chi connectivity index (χ1n) is 12.6. The minimum absolute atomic E-state index is 0.0790. The second-order valence-electron chi connectivity index (χ2n) is 10.3. The average Bonchev–Trinajstić information content (AvgIpc) is 2.96. The Morgan fingerprint density at radius 1 is 1.19 bits per heavy atom. The summed E-state index contributed by atoms with van der Waals surface area (Å²) in [6.07, 6.45) is 9.75. The largest absolute Gasteiger partial charge is 0.535 e. The average molecular weight is 441 g/mol. The first-order valence-corrected chi connectivity index (χ1v) is 12.6. The van der Waals surface area contributed by atoms with Gasteiger partial charge in [0.1, 0.15) is 11.5 Å². The van der Waals surface area contributed by atoms with Gasteiger partial charge >= 0.3 is 7.12 Å². The van der Waals surface area contributed by atoms with Crippen molar-refractivity contribution < 1.29 is 19.3 Å². The highest BCUT2D eigenvalue weighted by atomic mass is 16.5. The number of para-hydroxylation sites is 1. The monoisotopic (exact) mass is 441 g/mol. The summed E-state index contributed by atoms with van der Waals surface area (Å²) in [7, 11) is -1.04. The van der Waals surface area contributed by atoms with Crippen molar-refractivity contribution in [1.82, 2.24) is 5.32 Å². The number of rotatable bonds is 10. The van der Waals surface area contributed by atoms with Crippen molar-refractivity contribution >= 4 is 18.7 Å². The summed E-state index contributed by atoms with van der Waals surface area (Å²) in [5.74, 6) is 1.58. The maximum atomic E-state index is 12.8. The molecule has 5 nitrogen and oxygen atoms in total. The number of hydrogen-bond donors (Lipinski definition) is 2. The number of fused-ring (bicyclic) bond motifs is 1. The molecule has 1 fully saturated rings. The molecule has 176 valence electrons. The molecular formula is C26H40BNO4. The molecule has 0 saturated heterocycles. The fraction of sp³-hybridized carbons (Fsp3) is 0.692. The van der Waals surface area contributed by atoms with Gasteiger partial charge in [-0.15, -0.1) is 0 Å². The lowest BCUT2D eigenvalue weighted by atomic mass is 9.64. The molecule has 0 radical (unpaired) electrons. The fourth-order valence-corrected chi connectivity index (χ4v) is 5.24. The van der Waals surface area contributed by atoms with Crippen LogP contribution in [0.1, 0.15) is 94.5 Å². The number of carbonyl (C=O) groups is 2. The molecular weight excluding hydrogens is 401 g/mol. The highest BCUT2D eigenvalue weighted by Crippen LogP contribution is 2.37. The number of Topliss-reactive ketones (excluding diaryl/α,β-unsaturated/α-hetero) is 2. The third kappa shape index (κ3) is 7.18. The Balaban J connectivity index is 1.45. The standard InChI is InChI=1S/C26H40BNO4/c1-18(2)7-6-14-28-23-10-4-8-20(12-13-23)15-24(30)17-22-16-21-9-5-11-25(19(3)29)26(21)32-27(22)31/h5,9,11,18,20,22-23,28,31H,4,6-8,10,12-17H2,1-3H3/t20?,22-,23?/m1/s1. The smallest absolute Gasteiger partial charge is 0.526 e. The summed E-state index contributed by atoms with van der Waals surface area (Å²) in [5, 5.41) is 14.2. The van der Waals surface area contributed by atoms with Crippen molar-refractivity contribution in [2.45, 2.75) is 96.8 Å². The van der Waals surface area contributed by atoms with E-state index in [0.717, 1.165) is 37.3 Å². The molecule has 1 saturated carbocycles. The van der Waals surface area contributed by atoms with Gasteiger partial charge in [0.15, 0.2) is 5.78 Å². The van der Waals surface area contributed by atoms with Crippen LogP contribution < -0.4 is 9.97 Å². The second kappa shape index (κ2) is 12.0. The van der Waals surface area contributed by atoms with Crippen LogP contribution in [-0.2, 0) is 11.2 Å². The van der Waals surface area contributed by atoms with E-state index in [1.54, 1.807) is 6.07 Å². The molecule has 6 heteroatoms. The summed E-state index contributed by atoms with van der Waals surface area (Å²) >= 11 is 0. The fourth-order valence-electron chi connectivity index (χ4n) is 5.24. The molecule has 2 unspecified atom stereocenters. The van der Waals surface area contributed by atoms with Gasteiger partial charge in [0.2, 0.25) is 0 Å². The summed E-state index contributed by atoms with van der Waals surface area (Å²) in [6, 6.07) is 6.07. The van der Waals surface area contributed by atoms with E-state index in [1.807, 2.05) is 12.1 Å². The van der Waals surface area contributed by atoms with Gasteiger partial charge in [0.25, 0.3) is 0 Å². The molecule has 0 bridgehead atoms. The SMILES string of the molecule is CC(=O)c1cccc2c1OB(O)[C@@H](CC(=O)CC1CCCC(NCCCC(C)C)CC1)C2. The molecule has 32 heavy (non-hydrogen) atoms. The van der Waals surface area contributed by atoms with Crippen LogP contribution in [-0.4, -0.2) is 36.3 Å². The number of ketones is 2. The van der Waals surface area contributed by atoms with E-state index in [-0.39, 0.29) is 17.4 Å². The van der Waals surface area contributed by atoms with Crippen LogP contribution in [0.15, 0.2) is 18.2 Å². The van der Waals surface area contributed by atoms with Gasteiger partial charge in [0.05, 0.1) is 5.56 Å². The Morgan fingerprint density at radius 2 is 2.00 bits per heavy atom. The number of hydrogen-bond acceptors (Lipinski definition) is 5. The predicted octanol–water partition coefficient (Wildman–Crippen LogP) is 5.00. The second-order valence-corrected chi connectivity index (χ2v) is 10.3. The lowest BCUT2D eigenvalue weighted by Crippen LogP contribution is -2.36. The van der Waals surface area contributed by atoms with E-state index >= 15 is 0 Å². The first-order chi connectivity index (χ1) is 15.3. The van der Waals surface area contributed by atoms with Crippen molar-refractivity contribution in [3.05, 3.63) is 29.3 Å². The number of carbonyl (C=O) groups excluding carboxylic acids is 2. The van der Waals surface area contributed by atoms with Crippen molar-refractivity contribution in [3.63, 3.8) is 0 Å². The molecule has 2 aliphatic rings. The minimum Gasteiger partial charge on any atom is -0.535 e. The molecule has 1 heterocycles. The van der Waals surface area contributed by atoms with Gasteiger partial charge in [-0.2, -0.15) is 0 Å². The molecule has 1 aliphatic carbocycles. The molecule has 1 aliphatic heterocycles. The topological polar surface area (TPSA) is 75.6 Å². The third-order valence-electron chi connectivity index (χ3n) is 7.09. The van der Waals surface area contributed by atoms with E-state index < -0.39 is 7.12 Å².